The second-order valence-electron chi connectivity index (χ2n) is 5.22. The number of hydrogen-bond acceptors (Lipinski definition) is 6. The Balaban J connectivity index is 2.29. The minimum Gasteiger partial charge on any atom is -0.385 e. The molecular weight excluding hydrogens is 287 g/mol. The number of β-amino-alcohol motifs (C(OH)–C–C–N with tert-alkyl or cyclic N) is 1. The lowest BCUT2D eigenvalue weighted by Crippen LogP contribution is -2.62. The highest BCUT2D eigenvalue weighted by Gasteiger charge is 2.43. The quantitative estimate of drug-likeness (QED) is 0.898. The molecule has 0 unspecified atom stereocenters. The molecule has 0 aromatic carbocycles. The molecule has 1 N–H and O–H groups in total. The first-order valence-electron chi connectivity index (χ1n) is 6.12. The summed E-state index contributed by atoms with van der Waals surface area (Å²) < 4.78 is 38.5. The third-order valence-corrected chi connectivity index (χ3v) is 3.11. The first-order valence-corrected chi connectivity index (χ1v) is 6.12. The number of alkyl halides is 3. The Morgan fingerprint density at radius 3 is 2.52 bits per heavy atom. The number of aliphatic hydroxyl groups is 1. The largest absolute Gasteiger partial charge is 0.433 e. The van der Waals surface area contributed by atoms with Crippen molar-refractivity contribution in [2.75, 3.05) is 37.0 Å². The molecule has 2 rings (SSSR count). The van der Waals surface area contributed by atoms with Crippen molar-refractivity contribution >= 4 is 11.8 Å². The van der Waals surface area contributed by atoms with Gasteiger partial charge in [-0.1, -0.05) is 0 Å². The van der Waals surface area contributed by atoms with Gasteiger partial charge in [-0.05, 0) is 0 Å². The number of nitriles is 1. The van der Waals surface area contributed by atoms with E-state index in [-0.39, 0.29) is 31.3 Å². The molecule has 2 heterocycles. The molecule has 0 aliphatic carbocycles. The molecule has 114 valence electrons. The zero-order valence-electron chi connectivity index (χ0n) is 11.5. The van der Waals surface area contributed by atoms with Crippen LogP contribution >= 0.6 is 0 Å². The van der Waals surface area contributed by atoms with Crippen LogP contribution in [-0.2, 0) is 6.18 Å². The molecule has 9 heteroatoms. The maximum absolute atomic E-state index is 12.8. The van der Waals surface area contributed by atoms with Crippen LogP contribution in [0.2, 0.25) is 0 Å². The molecule has 0 saturated carbocycles. The summed E-state index contributed by atoms with van der Waals surface area (Å²) in [5.41, 5.74) is -2.24. The fourth-order valence-electron chi connectivity index (χ4n) is 2.00. The Morgan fingerprint density at radius 2 is 2.05 bits per heavy atom. The molecule has 0 spiro atoms. The molecule has 1 aliphatic heterocycles. The predicted octanol–water partition coefficient (Wildman–Crippen LogP) is 1.03. The standard InChI is InChI=1S/C12H14F3N5O/c1-19(2)9-5-8(12(13,14)15)17-10(18-9)20-6-11(21,7-20)3-4-16/h5,21H,3,6-7H2,1-2H3. The summed E-state index contributed by atoms with van der Waals surface area (Å²) in [6.45, 7) is 0.0729. The van der Waals surface area contributed by atoms with Crippen molar-refractivity contribution in [1.82, 2.24) is 9.97 Å². The molecule has 0 amide bonds. The van der Waals surface area contributed by atoms with E-state index in [9.17, 15) is 18.3 Å². The van der Waals surface area contributed by atoms with E-state index < -0.39 is 17.5 Å². The van der Waals surface area contributed by atoms with Gasteiger partial charge in [-0.2, -0.15) is 23.4 Å². The van der Waals surface area contributed by atoms with Crippen LogP contribution in [0.4, 0.5) is 24.9 Å². The van der Waals surface area contributed by atoms with E-state index >= 15 is 0 Å². The normalized spacial score (nSPS) is 17.1. The number of nitrogens with zero attached hydrogens (tertiary/aromatic N) is 5. The molecule has 0 atom stereocenters. The predicted molar refractivity (Wildman–Crippen MR) is 68.8 cm³/mol. The summed E-state index contributed by atoms with van der Waals surface area (Å²) >= 11 is 0. The zero-order valence-corrected chi connectivity index (χ0v) is 11.5. The molecule has 1 saturated heterocycles. The number of hydrogen-bond donors (Lipinski definition) is 1. The molecule has 0 bridgehead atoms. The Bertz CT molecular complexity index is 575. The fourth-order valence-corrected chi connectivity index (χ4v) is 2.00. The van der Waals surface area contributed by atoms with Gasteiger partial charge >= 0.3 is 6.18 Å². The van der Waals surface area contributed by atoms with Gasteiger partial charge in [-0.25, -0.2) is 4.98 Å². The Morgan fingerprint density at radius 1 is 1.43 bits per heavy atom. The van der Waals surface area contributed by atoms with Crippen molar-refractivity contribution < 1.29 is 18.3 Å². The summed E-state index contributed by atoms with van der Waals surface area (Å²) in [6, 6.07) is 2.71. The smallest absolute Gasteiger partial charge is 0.385 e. The van der Waals surface area contributed by atoms with Crippen LogP contribution in [0.5, 0.6) is 0 Å². The van der Waals surface area contributed by atoms with Crippen molar-refractivity contribution in [1.29, 1.82) is 5.26 Å². The maximum Gasteiger partial charge on any atom is 0.433 e. The average molecular weight is 301 g/mol. The van der Waals surface area contributed by atoms with Gasteiger partial charge in [0.15, 0.2) is 5.69 Å². The molecular formula is C12H14F3N5O. The molecule has 1 aliphatic rings. The van der Waals surface area contributed by atoms with Gasteiger partial charge in [0.25, 0.3) is 0 Å². The Kier molecular flexibility index (Phi) is 3.67. The highest BCUT2D eigenvalue weighted by atomic mass is 19.4. The highest BCUT2D eigenvalue weighted by molar-refractivity contribution is 5.48. The van der Waals surface area contributed by atoms with E-state index in [4.69, 9.17) is 5.26 Å². The minimum atomic E-state index is -4.57. The van der Waals surface area contributed by atoms with E-state index in [2.05, 4.69) is 9.97 Å². The number of aromatic nitrogens is 2. The third-order valence-electron chi connectivity index (χ3n) is 3.11. The van der Waals surface area contributed by atoms with Crippen molar-refractivity contribution in [3.8, 4) is 6.07 Å². The van der Waals surface area contributed by atoms with Gasteiger partial charge in [0, 0.05) is 20.2 Å². The summed E-state index contributed by atoms with van der Waals surface area (Å²) in [5.74, 6) is 0.0270. The molecule has 1 fully saturated rings. The summed E-state index contributed by atoms with van der Waals surface area (Å²) in [7, 11) is 3.16. The van der Waals surface area contributed by atoms with E-state index in [0.29, 0.717) is 0 Å². The van der Waals surface area contributed by atoms with Crippen LogP contribution in [0, 0.1) is 11.3 Å². The van der Waals surface area contributed by atoms with Gasteiger partial charge in [0.2, 0.25) is 5.95 Å². The number of halogens is 3. The van der Waals surface area contributed by atoms with Crippen LogP contribution in [0.1, 0.15) is 12.1 Å². The average Bonchev–Trinajstić information content (AvgIpc) is 2.34. The Hall–Kier alpha value is -2.08. The van der Waals surface area contributed by atoms with Crippen LogP contribution in [0.15, 0.2) is 6.07 Å². The van der Waals surface area contributed by atoms with Gasteiger partial charge in [0.05, 0.1) is 25.6 Å². The molecule has 0 radical (unpaired) electrons. The van der Waals surface area contributed by atoms with Gasteiger partial charge < -0.3 is 14.9 Å². The third kappa shape index (κ3) is 3.16. The van der Waals surface area contributed by atoms with E-state index in [1.54, 1.807) is 14.1 Å². The minimum absolute atomic E-state index is 0.0364. The molecule has 21 heavy (non-hydrogen) atoms. The summed E-state index contributed by atoms with van der Waals surface area (Å²) in [6.07, 6.45) is -4.65. The van der Waals surface area contributed by atoms with Crippen molar-refractivity contribution in [2.24, 2.45) is 0 Å². The highest BCUT2D eigenvalue weighted by Crippen LogP contribution is 2.33. The lowest BCUT2D eigenvalue weighted by molar-refractivity contribution is -0.141. The van der Waals surface area contributed by atoms with Gasteiger partial charge in [0.1, 0.15) is 11.4 Å². The number of rotatable bonds is 3. The van der Waals surface area contributed by atoms with E-state index in [1.165, 1.54) is 9.80 Å². The molecule has 1 aromatic heterocycles. The second kappa shape index (κ2) is 5.04. The van der Waals surface area contributed by atoms with Crippen LogP contribution in [-0.4, -0.2) is 47.9 Å². The van der Waals surface area contributed by atoms with Crippen molar-refractivity contribution in [3.63, 3.8) is 0 Å². The maximum atomic E-state index is 12.8. The van der Waals surface area contributed by atoms with Crippen molar-refractivity contribution in [2.45, 2.75) is 18.2 Å². The van der Waals surface area contributed by atoms with E-state index in [0.717, 1.165) is 6.07 Å². The lowest BCUT2D eigenvalue weighted by Gasteiger charge is -2.45. The van der Waals surface area contributed by atoms with Gasteiger partial charge in [-0.15, -0.1) is 0 Å². The zero-order chi connectivity index (χ0) is 15.8. The second-order valence-corrected chi connectivity index (χ2v) is 5.22. The Labute approximate surface area is 119 Å². The van der Waals surface area contributed by atoms with Crippen molar-refractivity contribution in [3.05, 3.63) is 11.8 Å². The topological polar surface area (TPSA) is 76.3 Å². The van der Waals surface area contributed by atoms with Crippen LogP contribution in [0.25, 0.3) is 0 Å². The monoisotopic (exact) mass is 301 g/mol. The van der Waals surface area contributed by atoms with Crippen LogP contribution in [0.3, 0.4) is 0 Å². The summed E-state index contributed by atoms with van der Waals surface area (Å²) in [5, 5.41) is 18.5. The van der Waals surface area contributed by atoms with Gasteiger partial charge in [-0.3, -0.25) is 0 Å². The first-order chi connectivity index (χ1) is 9.64. The molecule has 1 aromatic rings. The lowest BCUT2D eigenvalue weighted by atomic mass is 9.91. The fraction of sp³-hybridized carbons (Fsp3) is 0.583. The number of anilines is 2. The van der Waals surface area contributed by atoms with E-state index in [1.807, 2.05) is 6.07 Å². The van der Waals surface area contributed by atoms with Crippen LogP contribution < -0.4 is 9.80 Å². The first kappa shape index (κ1) is 15.3. The summed E-state index contributed by atoms with van der Waals surface area (Å²) in [4.78, 5) is 10.4. The molecule has 6 nitrogen and oxygen atoms in total. The SMILES string of the molecule is CN(C)c1cc(C(F)(F)F)nc(N2CC(O)(CC#N)C2)n1.